The summed E-state index contributed by atoms with van der Waals surface area (Å²) in [4.78, 5) is 17.2. The molecule has 0 aliphatic carbocycles. The fraction of sp³-hybridized carbons (Fsp3) is 0.320. The Bertz CT molecular complexity index is 1310. The number of amides is 1. The first kappa shape index (κ1) is 23.8. The Morgan fingerprint density at radius 3 is 2.62 bits per heavy atom. The lowest BCUT2D eigenvalue weighted by atomic mass is 9.99. The number of hydrogen-bond acceptors (Lipinski definition) is 6. The summed E-state index contributed by atoms with van der Waals surface area (Å²) in [5, 5.41) is 6.71. The molecule has 1 amide bonds. The lowest BCUT2D eigenvalue weighted by Gasteiger charge is -2.31. The van der Waals surface area contributed by atoms with Crippen LogP contribution in [-0.4, -0.2) is 41.9 Å². The fourth-order valence-corrected chi connectivity index (χ4v) is 5.77. The second-order valence-electron chi connectivity index (χ2n) is 8.56. The smallest absolute Gasteiger partial charge is 0.248 e. The van der Waals surface area contributed by atoms with Crippen molar-refractivity contribution in [3.63, 3.8) is 0 Å². The summed E-state index contributed by atoms with van der Waals surface area (Å²) < 4.78 is 33.8. The van der Waals surface area contributed by atoms with Gasteiger partial charge in [-0.15, -0.1) is 0 Å². The number of piperidine rings is 1. The molecule has 1 aliphatic rings. The molecular weight excluding hydrogens is 452 g/mol. The Kier molecular flexibility index (Phi) is 6.95. The van der Waals surface area contributed by atoms with Crippen molar-refractivity contribution in [1.29, 1.82) is 0 Å². The molecule has 2 aromatic heterocycles. The maximum atomic E-state index is 13.6. The summed E-state index contributed by atoms with van der Waals surface area (Å²) in [6, 6.07) is 13.2. The molecule has 34 heavy (non-hydrogen) atoms. The van der Waals surface area contributed by atoms with E-state index in [1.807, 2.05) is 50.2 Å². The van der Waals surface area contributed by atoms with E-state index in [0.29, 0.717) is 30.9 Å². The Morgan fingerprint density at radius 2 is 1.88 bits per heavy atom. The van der Waals surface area contributed by atoms with Crippen molar-refractivity contribution in [1.82, 2.24) is 14.4 Å². The molecule has 1 aliphatic heterocycles. The molecule has 1 aromatic carbocycles. The molecule has 0 radical (unpaired) electrons. The van der Waals surface area contributed by atoms with Gasteiger partial charge in [0, 0.05) is 18.8 Å². The maximum Gasteiger partial charge on any atom is 0.248 e. The van der Waals surface area contributed by atoms with Crippen molar-refractivity contribution >= 4 is 33.9 Å². The summed E-state index contributed by atoms with van der Waals surface area (Å²) >= 11 is 0. The van der Waals surface area contributed by atoms with Crippen LogP contribution in [0.25, 0.3) is 12.2 Å². The predicted molar refractivity (Wildman–Crippen MR) is 130 cm³/mol. The molecule has 1 fully saturated rings. The number of nitrogens with one attached hydrogen (secondary N) is 1. The highest BCUT2D eigenvalue weighted by Crippen LogP contribution is 2.29. The van der Waals surface area contributed by atoms with Gasteiger partial charge in [0.2, 0.25) is 15.9 Å². The van der Waals surface area contributed by atoms with E-state index in [1.165, 1.54) is 4.31 Å². The van der Waals surface area contributed by atoms with E-state index in [0.717, 1.165) is 16.8 Å². The monoisotopic (exact) mass is 480 g/mol. The molecule has 9 heteroatoms. The molecule has 1 N–H and O–H groups in total. The fourth-order valence-electron chi connectivity index (χ4n) is 3.99. The van der Waals surface area contributed by atoms with Crippen molar-refractivity contribution < 1.29 is 17.7 Å². The molecule has 4 rings (SSSR count). The van der Waals surface area contributed by atoms with E-state index in [4.69, 9.17) is 4.52 Å². The quantitative estimate of drug-likeness (QED) is 0.567. The van der Waals surface area contributed by atoms with E-state index in [1.54, 1.807) is 25.1 Å². The third kappa shape index (κ3) is 5.26. The van der Waals surface area contributed by atoms with Crippen LogP contribution in [0.2, 0.25) is 0 Å². The van der Waals surface area contributed by atoms with Crippen LogP contribution in [0.3, 0.4) is 0 Å². The second kappa shape index (κ2) is 9.90. The van der Waals surface area contributed by atoms with E-state index in [2.05, 4.69) is 15.5 Å². The summed E-state index contributed by atoms with van der Waals surface area (Å²) in [5.41, 5.74) is 3.14. The van der Waals surface area contributed by atoms with Crippen LogP contribution in [-0.2, 0) is 14.8 Å². The number of carbonyl (C=O) groups is 1. The topological polar surface area (TPSA) is 105 Å². The Hall–Kier alpha value is -3.30. The number of benzene rings is 1. The van der Waals surface area contributed by atoms with Crippen LogP contribution < -0.4 is 5.32 Å². The van der Waals surface area contributed by atoms with Crippen molar-refractivity contribution in [3.8, 4) is 0 Å². The molecule has 8 nitrogen and oxygen atoms in total. The number of sulfonamides is 1. The standard InChI is InChI=1S/C25H28N4O4S/c1-17-9-11-20(12-10-17)13-14-22-24(19(3)28-33-22)34(31,32)29-15-5-7-21(16-29)25(30)27-23-8-4-6-18(2)26-23/h4,6,8-14,21H,5,7,15-16H2,1-3H3,(H,26,27,30). The van der Waals surface area contributed by atoms with Gasteiger partial charge in [0.05, 0.1) is 5.92 Å². The van der Waals surface area contributed by atoms with Crippen LogP contribution in [0, 0.1) is 26.7 Å². The average molecular weight is 481 g/mol. The molecule has 0 spiro atoms. The van der Waals surface area contributed by atoms with Gasteiger partial charge in [-0.05, 0) is 57.4 Å². The van der Waals surface area contributed by atoms with Gasteiger partial charge < -0.3 is 9.84 Å². The summed E-state index contributed by atoms with van der Waals surface area (Å²) in [6.07, 6.45) is 4.60. The zero-order valence-electron chi connectivity index (χ0n) is 19.5. The highest BCUT2D eigenvalue weighted by Gasteiger charge is 2.37. The molecule has 3 aromatic rings. The Labute approximate surface area is 199 Å². The van der Waals surface area contributed by atoms with Gasteiger partial charge in [-0.25, -0.2) is 13.4 Å². The highest BCUT2D eigenvalue weighted by molar-refractivity contribution is 7.89. The normalized spacial score (nSPS) is 17.2. The third-order valence-corrected chi connectivity index (χ3v) is 7.85. The molecule has 3 heterocycles. The van der Waals surface area contributed by atoms with Crippen molar-refractivity contribution in [2.75, 3.05) is 18.4 Å². The second-order valence-corrected chi connectivity index (χ2v) is 10.4. The summed E-state index contributed by atoms with van der Waals surface area (Å²) in [7, 11) is -3.91. The number of anilines is 1. The van der Waals surface area contributed by atoms with Crippen LogP contribution in [0.1, 0.15) is 41.1 Å². The number of hydrogen-bond donors (Lipinski definition) is 1. The minimum absolute atomic E-state index is 0.0391. The molecular formula is C25H28N4O4S. The molecule has 1 unspecified atom stereocenters. The summed E-state index contributed by atoms with van der Waals surface area (Å²) in [6.45, 7) is 5.88. The number of carbonyl (C=O) groups excluding carboxylic acids is 1. The number of nitrogens with zero attached hydrogens (tertiary/aromatic N) is 3. The van der Waals surface area contributed by atoms with Crippen molar-refractivity contribution in [2.24, 2.45) is 5.92 Å². The van der Waals surface area contributed by atoms with Crippen LogP contribution in [0.5, 0.6) is 0 Å². The van der Waals surface area contributed by atoms with Gasteiger partial charge in [0.15, 0.2) is 10.7 Å². The SMILES string of the molecule is Cc1ccc(C=Cc2onc(C)c2S(=O)(=O)N2CCCC(C(=O)Nc3cccc(C)n3)C2)cc1. The number of aryl methyl sites for hydroxylation is 3. The minimum Gasteiger partial charge on any atom is -0.355 e. The van der Waals surface area contributed by atoms with E-state index in [9.17, 15) is 13.2 Å². The number of aromatic nitrogens is 2. The minimum atomic E-state index is -3.91. The number of rotatable bonds is 6. The molecule has 1 saturated heterocycles. The van der Waals surface area contributed by atoms with E-state index >= 15 is 0 Å². The molecule has 0 saturated carbocycles. The van der Waals surface area contributed by atoms with Crippen LogP contribution in [0.4, 0.5) is 5.82 Å². The Balaban J connectivity index is 1.53. The number of pyridine rings is 1. The maximum absolute atomic E-state index is 13.6. The van der Waals surface area contributed by atoms with Crippen molar-refractivity contribution in [2.45, 2.75) is 38.5 Å². The van der Waals surface area contributed by atoms with Gasteiger partial charge in [-0.3, -0.25) is 4.79 Å². The van der Waals surface area contributed by atoms with Gasteiger partial charge in [0.1, 0.15) is 11.5 Å². The van der Waals surface area contributed by atoms with Crippen molar-refractivity contribution in [3.05, 3.63) is 70.7 Å². The largest absolute Gasteiger partial charge is 0.355 e. The zero-order valence-corrected chi connectivity index (χ0v) is 20.3. The van der Waals surface area contributed by atoms with Crippen LogP contribution >= 0.6 is 0 Å². The van der Waals surface area contributed by atoms with E-state index < -0.39 is 15.9 Å². The lowest BCUT2D eigenvalue weighted by Crippen LogP contribution is -2.44. The average Bonchev–Trinajstić information content (AvgIpc) is 3.20. The highest BCUT2D eigenvalue weighted by atomic mass is 32.2. The third-order valence-electron chi connectivity index (χ3n) is 5.83. The molecule has 178 valence electrons. The van der Waals surface area contributed by atoms with E-state index in [-0.39, 0.29) is 23.1 Å². The summed E-state index contributed by atoms with van der Waals surface area (Å²) in [5.74, 6) is -0.0749. The molecule has 1 atom stereocenters. The van der Waals surface area contributed by atoms with Crippen LogP contribution in [0.15, 0.2) is 51.9 Å². The zero-order chi connectivity index (χ0) is 24.3. The molecule has 0 bridgehead atoms. The van der Waals surface area contributed by atoms with Gasteiger partial charge in [-0.2, -0.15) is 4.31 Å². The predicted octanol–water partition coefficient (Wildman–Crippen LogP) is 4.20. The first-order valence-electron chi connectivity index (χ1n) is 11.2. The van der Waals surface area contributed by atoms with Gasteiger partial charge >= 0.3 is 0 Å². The first-order chi connectivity index (χ1) is 16.2. The Morgan fingerprint density at radius 1 is 1.12 bits per heavy atom. The lowest BCUT2D eigenvalue weighted by molar-refractivity contribution is -0.120. The van der Waals surface area contributed by atoms with Gasteiger partial charge in [-0.1, -0.05) is 47.1 Å². The first-order valence-corrected chi connectivity index (χ1v) is 12.6. The van der Waals surface area contributed by atoms with Gasteiger partial charge in [0.25, 0.3) is 0 Å².